The van der Waals surface area contributed by atoms with E-state index in [4.69, 9.17) is 21.1 Å². The lowest BCUT2D eigenvalue weighted by Gasteiger charge is -2.33. The van der Waals surface area contributed by atoms with Crippen molar-refractivity contribution < 1.29 is 14.3 Å². The zero-order chi connectivity index (χ0) is 19.6. The SMILES string of the molecule is CN(CC(=O)NC1(c2ccc3c(c2)OCCO3)CCCC1)Cc1ccc(Cl)s1. The number of nitrogens with one attached hydrogen (secondary N) is 1. The number of benzene rings is 1. The van der Waals surface area contributed by atoms with Crippen LogP contribution in [0.5, 0.6) is 11.5 Å². The van der Waals surface area contributed by atoms with E-state index in [-0.39, 0.29) is 11.4 Å². The van der Waals surface area contributed by atoms with Crippen LogP contribution < -0.4 is 14.8 Å². The normalized spacial score (nSPS) is 17.7. The van der Waals surface area contributed by atoms with Gasteiger partial charge in [-0.2, -0.15) is 0 Å². The number of hydrogen-bond acceptors (Lipinski definition) is 5. The molecule has 2 aliphatic rings. The van der Waals surface area contributed by atoms with Crippen LogP contribution in [0.3, 0.4) is 0 Å². The number of rotatable bonds is 6. The molecule has 1 aromatic heterocycles. The van der Waals surface area contributed by atoms with Gasteiger partial charge in [-0.15, -0.1) is 11.3 Å². The molecule has 4 rings (SSSR count). The third-order valence-electron chi connectivity index (χ3n) is 5.40. The van der Waals surface area contributed by atoms with Crippen LogP contribution in [0.25, 0.3) is 0 Å². The molecule has 1 aliphatic heterocycles. The molecule has 2 heterocycles. The number of carbonyl (C=O) groups excluding carboxylic acids is 1. The molecular weight excluding hydrogens is 396 g/mol. The van der Waals surface area contributed by atoms with Crippen LogP contribution in [0.15, 0.2) is 30.3 Å². The van der Waals surface area contributed by atoms with E-state index in [0.29, 0.717) is 26.3 Å². The van der Waals surface area contributed by atoms with Crippen LogP contribution in [0.4, 0.5) is 0 Å². The Hall–Kier alpha value is -1.76. The summed E-state index contributed by atoms with van der Waals surface area (Å²) in [5, 5.41) is 3.34. The highest BCUT2D eigenvalue weighted by atomic mass is 35.5. The van der Waals surface area contributed by atoms with E-state index >= 15 is 0 Å². The molecule has 5 nitrogen and oxygen atoms in total. The Morgan fingerprint density at radius 3 is 2.64 bits per heavy atom. The monoisotopic (exact) mass is 420 g/mol. The molecule has 1 aliphatic carbocycles. The number of hydrogen-bond donors (Lipinski definition) is 1. The van der Waals surface area contributed by atoms with Gasteiger partial charge in [0.05, 0.1) is 16.4 Å². The Kier molecular flexibility index (Phi) is 5.80. The maximum absolute atomic E-state index is 12.8. The van der Waals surface area contributed by atoms with E-state index in [1.54, 1.807) is 11.3 Å². The molecule has 0 saturated heterocycles. The molecule has 0 unspecified atom stereocenters. The first kappa shape index (κ1) is 19.6. The summed E-state index contributed by atoms with van der Waals surface area (Å²) < 4.78 is 12.2. The van der Waals surface area contributed by atoms with Crippen LogP contribution in [0.2, 0.25) is 4.34 Å². The van der Waals surface area contributed by atoms with Crippen molar-refractivity contribution in [1.29, 1.82) is 0 Å². The van der Waals surface area contributed by atoms with Crippen molar-refractivity contribution in [2.75, 3.05) is 26.8 Å². The molecule has 1 amide bonds. The second-order valence-electron chi connectivity index (χ2n) is 7.57. The molecule has 28 heavy (non-hydrogen) atoms. The number of amides is 1. The topological polar surface area (TPSA) is 50.8 Å². The van der Waals surface area contributed by atoms with Crippen LogP contribution >= 0.6 is 22.9 Å². The predicted octanol–water partition coefficient (Wildman–Crippen LogP) is 4.19. The average molecular weight is 421 g/mol. The lowest BCUT2D eigenvalue weighted by atomic mass is 9.87. The Morgan fingerprint density at radius 1 is 1.18 bits per heavy atom. The second-order valence-corrected chi connectivity index (χ2v) is 9.37. The molecule has 0 atom stereocenters. The van der Waals surface area contributed by atoms with Gasteiger partial charge in [-0.3, -0.25) is 9.69 Å². The maximum Gasteiger partial charge on any atom is 0.234 e. The van der Waals surface area contributed by atoms with Crippen molar-refractivity contribution in [3.8, 4) is 11.5 Å². The second kappa shape index (κ2) is 8.31. The van der Waals surface area contributed by atoms with Gasteiger partial charge >= 0.3 is 0 Å². The molecule has 1 fully saturated rings. The van der Waals surface area contributed by atoms with E-state index in [0.717, 1.165) is 52.0 Å². The van der Waals surface area contributed by atoms with Gasteiger partial charge in [0.25, 0.3) is 0 Å². The first-order valence-electron chi connectivity index (χ1n) is 9.68. The number of thiophene rings is 1. The number of carbonyl (C=O) groups is 1. The Bertz CT molecular complexity index is 848. The Balaban J connectivity index is 1.45. The summed E-state index contributed by atoms with van der Waals surface area (Å²) in [7, 11) is 1.96. The summed E-state index contributed by atoms with van der Waals surface area (Å²) in [4.78, 5) is 16.0. The van der Waals surface area contributed by atoms with Gasteiger partial charge in [0.2, 0.25) is 5.91 Å². The van der Waals surface area contributed by atoms with Gasteiger partial charge in [-0.25, -0.2) is 0 Å². The van der Waals surface area contributed by atoms with Gasteiger partial charge in [0, 0.05) is 11.4 Å². The summed E-state index contributed by atoms with van der Waals surface area (Å²) in [6.45, 7) is 2.20. The van der Waals surface area contributed by atoms with Crippen LogP contribution in [0.1, 0.15) is 36.1 Å². The number of likely N-dealkylation sites (N-methyl/N-ethyl adjacent to an activating group) is 1. The smallest absolute Gasteiger partial charge is 0.234 e. The highest BCUT2D eigenvalue weighted by molar-refractivity contribution is 7.16. The lowest BCUT2D eigenvalue weighted by Crippen LogP contribution is -2.47. The zero-order valence-electron chi connectivity index (χ0n) is 16.0. The van der Waals surface area contributed by atoms with E-state index in [9.17, 15) is 4.79 Å². The van der Waals surface area contributed by atoms with Gasteiger partial charge in [-0.1, -0.05) is 30.5 Å². The highest BCUT2D eigenvalue weighted by Crippen LogP contribution is 2.42. The van der Waals surface area contributed by atoms with Gasteiger partial charge in [0.15, 0.2) is 11.5 Å². The molecule has 1 saturated carbocycles. The van der Waals surface area contributed by atoms with Gasteiger partial charge in [-0.05, 0) is 49.7 Å². The Morgan fingerprint density at radius 2 is 1.93 bits per heavy atom. The average Bonchev–Trinajstić information content (AvgIpc) is 3.31. The standard InChI is InChI=1S/C21H25ClN2O3S/c1-24(13-16-5-7-19(22)28-16)14-20(25)23-21(8-2-3-9-21)15-4-6-17-18(12-15)27-11-10-26-17/h4-7,12H,2-3,8-11,13-14H2,1H3,(H,23,25). The molecule has 0 bridgehead atoms. The van der Waals surface area contributed by atoms with Gasteiger partial charge in [0.1, 0.15) is 13.2 Å². The number of fused-ring (bicyclic) bond motifs is 1. The number of nitrogens with zero attached hydrogens (tertiary/aromatic N) is 1. The molecule has 7 heteroatoms. The fourth-order valence-corrected chi connectivity index (χ4v) is 5.28. The van der Waals surface area contributed by atoms with Crippen molar-refractivity contribution in [1.82, 2.24) is 10.2 Å². The summed E-state index contributed by atoms with van der Waals surface area (Å²) in [6, 6.07) is 9.97. The third-order valence-corrected chi connectivity index (χ3v) is 6.61. The lowest BCUT2D eigenvalue weighted by molar-refractivity contribution is -0.124. The highest BCUT2D eigenvalue weighted by Gasteiger charge is 2.38. The van der Waals surface area contributed by atoms with E-state index in [1.807, 2.05) is 36.2 Å². The van der Waals surface area contributed by atoms with Crippen LogP contribution in [-0.2, 0) is 16.9 Å². The van der Waals surface area contributed by atoms with Crippen molar-refractivity contribution in [2.24, 2.45) is 0 Å². The van der Waals surface area contributed by atoms with Crippen molar-refractivity contribution in [3.63, 3.8) is 0 Å². The predicted molar refractivity (Wildman–Crippen MR) is 111 cm³/mol. The van der Waals surface area contributed by atoms with Gasteiger partial charge < -0.3 is 14.8 Å². The fraction of sp³-hybridized carbons (Fsp3) is 0.476. The Labute approximate surface area is 174 Å². The maximum atomic E-state index is 12.8. The van der Waals surface area contributed by atoms with E-state index < -0.39 is 0 Å². The van der Waals surface area contributed by atoms with E-state index in [1.165, 1.54) is 0 Å². The summed E-state index contributed by atoms with van der Waals surface area (Å²) in [5.74, 6) is 1.60. The van der Waals surface area contributed by atoms with Crippen LogP contribution in [0, 0.1) is 0 Å². The zero-order valence-corrected chi connectivity index (χ0v) is 17.6. The fourth-order valence-electron chi connectivity index (χ4n) is 4.12. The molecule has 0 spiro atoms. The first-order valence-corrected chi connectivity index (χ1v) is 10.9. The quantitative estimate of drug-likeness (QED) is 0.761. The first-order chi connectivity index (χ1) is 13.5. The molecule has 0 radical (unpaired) electrons. The number of halogens is 1. The molecule has 1 N–H and O–H groups in total. The minimum atomic E-state index is -0.319. The summed E-state index contributed by atoms with van der Waals surface area (Å²) >= 11 is 7.55. The minimum Gasteiger partial charge on any atom is -0.486 e. The summed E-state index contributed by atoms with van der Waals surface area (Å²) in [5.41, 5.74) is 0.787. The molecule has 1 aromatic carbocycles. The minimum absolute atomic E-state index is 0.0435. The largest absolute Gasteiger partial charge is 0.486 e. The van der Waals surface area contributed by atoms with E-state index in [2.05, 4.69) is 11.4 Å². The van der Waals surface area contributed by atoms with Crippen molar-refractivity contribution in [3.05, 3.63) is 45.1 Å². The molecule has 150 valence electrons. The van der Waals surface area contributed by atoms with Crippen molar-refractivity contribution >= 4 is 28.8 Å². The molecular formula is C21H25ClN2O3S. The van der Waals surface area contributed by atoms with Crippen LogP contribution in [-0.4, -0.2) is 37.6 Å². The third kappa shape index (κ3) is 4.29. The van der Waals surface area contributed by atoms with Crippen molar-refractivity contribution in [2.45, 2.75) is 37.8 Å². The number of ether oxygens (including phenoxy) is 2. The summed E-state index contributed by atoms with van der Waals surface area (Å²) in [6.07, 6.45) is 4.11. The molecule has 2 aromatic rings.